The highest BCUT2D eigenvalue weighted by Crippen LogP contribution is 2.33. The zero-order chi connectivity index (χ0) is 34.2. The summed E-state index contributed by atoms with van der Waals surface area (Å²) >= 11 is 0.986. The number of carbonyl (C=O) groups excluding carboxylic acids is 3. The van der Waals surface area contributed by atoms with E-state index in [-0.39, 0.29) is 48.4 Å². The second-order valence-electron chi connectivity index (χ2n) is 11.9. The van der Waals surface area contributed by atoms with Gasteiger partial charge in [-0.3, -0.25) is 14.4 Å². The fourth-order valence-electron chi connectivity index (χ4n) is 4.37. The summed E-state index contributed by atoms with van der Waals surface area (Å²) in [5.74, 6) is 0.131. The Labute approximate surface area is 274 Å². The Bertz CT molecular complexity index is 1730. The van der Waals surface area contributed by atoms with Gasteiger partial charge in [-0.05, 0) is 26.0 Å². The molecular formula is C32H42N6O6S2. The fourth-order valence-corrected chi connectivity index (χ4v) is 6.60. The number of aryl methyl sites for hydroxylation is 1. The number of hydrogen-bond acceptors (Lipinski definition) is 11. The molecule has 0 radical (unpaired) electrons. The Morgan fingerprint density at radius 1 is 1.09 bits per heavy atom. The van der Waals surface area contributed by atoms with Crippen molar-refractivity contribution in [3.63, 3.8) is 0 Å². The molecule has 12 nitrogen and oxygen atoms in total. The molecule has 0 aliphatic heterocycles. The van der Waals surface area contributed by atoms with Crippen LogP contribution in [0.3, 0.4) is 0 Å². The second kappa shape index (κ2) is 15.5. The first kappa shape index (κ1) is 36.5. The molecule has 3 aromatic rings. The minimum atomic E-state index is -3.92. The Balaban J connectivity index is 1.67. The summed E-state index contributed by atoms with van der Waals surface area (Å²) < 4.78 is 34.2. The maximum atomic E-state index is 13.2. The Morgan fingerprint density at radius 3 is 2.39 bits per heavy atom. The van der Waals surface area contributed by atoms with E-state index in [1.807, 2.05) is 31.1 Å². The zero-order valence-electron chi connectivity index (χ0n) is 27.3. The molecule has 0 atom stereocenters. The van der Waals surface area contributed by atoms with Crippen LogP contribution in [0.25, 0.3) is 10.8 Å². The van der Waals surface area contributed by atoms with Crippen molar-refractivity contribution in [2.75, 3.05) is 37.9 Å². The van der Waals surface area contributed by atoms with Crippen molar-refractivity contribution < 1.29 is 27.5 Å². The first-order chi connectivity index (χ1) is 21.5. The zero-order valence-corrected chi connectivity index (χ0v) is 28.9. The Morgan fingerprint density at radius 2 is 1.76 bits per heavy atom. The average Bonchev–Trinajstić information content (AvgIpc) is 2.98. The maximum absolute atomic E-state index is 13.2. The van der Waals surface area contributed by atoms with Gasteiger partial charge in [0.15, 0.2) is 5.12 Å². The third-order valence-corrected chi connectivity index (χ3v) is 10.1. The molecule has 14 heteroatoms. The SMILES string of the molecule is CC(=C(CCOC(=O)CCNS(=O)(=O)c1cccc2c(N(C)C)cccc12)SC(=O)C(C)(C)C)N(C=O)Cc1cnc(C)nc1N. The van der Waals surface area contributed by atoms with Crippen LogP contribution < -0.4 is 15.4 Å². The summed E-state index contributed by atoms with van der Waals surface area (Å²) in [5.41, 5.74) is 7.28. The molecule has 0 saturated carbocycles. The number of ether oxygens (including phenoxy) is 1. The highest BCUT2D eigenvalue weighted by Gasteiger charge is 2.26. The van der Waals surface area contributed by atoms with Gasteiger partial charge in [0.25, 0.3) is 0 Å². The molecule has 248 valence electrons. The predicted molar refractivity (Wildman–Crippen MR) is 181 cm³/mol. The lowest BCUT2D eigenvalue weighted by Gasteiger charge is -2.24. The minimum Gasteiger partial charge on any atom is -0.465 e. The van der Waals surface area contributed by atoms with E-state index in [1.54, 1.807) is 59.0 Å². The number of allylic oxidation sites excluding steroid dienone is 1. The second-order valence-corrected chi connectivity index (χ2v) is 14.7. The van der Waals surface area contributed by atoms with Gasteiger partial charge in [-0.25, -0.2) is 23.1 Å². The van der Waals surface area contributed by atoms with E-state index < -0.39 is 21.4 Å². The van der Waals surface area contributed by atoms with E-state index >= 15 is 0 Å². The molecule has 0 spiro atoms. The van der Waals surface area contributed by atoms with Crippen LogP contribution in [0.1, 0.15) is 51.9 Å². The van der Waals surface area contributed by atoms with Crippen LogP contribution in [0, 0.1) is 12.3 Å². The van der Waals surface area contributed by atoms with Gasteiger partial charge in [0.1, 0.15) is 11.6 Å². The molecule has 0 aliphatic carbocycles. The van der Waals surface area contributed by atoms with E-state index in [9.17, 15) is 22.8 Å². The lowest BCUT2D eigenvalue weighted by atomic mass is 10.00. The highest BCUT2D eigenvalue weighted by atomic mass is 32.2. The van der Waals surface area contributed by atoms with Gasteiger partial charge in [-0.1, -0.05) is 56.8 Å². The first-order valence-corrected chi connectivity index (χ1v) is 16.9. The van der Waals surface area contributed by atoms with E-state index in [0.29, 0.717) is 33.8 Å². The van der Waals surface area contributed by atoms with Gasteiger partial charge >= 0.3 is 5.97 Å². The quantitative estimate of drug-likeness (QED) is 0.185. The molecule has 0 bridgehead atoms. The molecule has 0 fully saturated rings. The lowest BCUT2D eigenvalue weighted by Crippen LogP contribution is -2.27. The number of anilines is 2. The van der Waals surface area contributed by atoms with Crippen molar-refractivity contribution in [2.24, 2.45) is 5.41 Å². The average molecular weight is 671 g/mol. The molecule has 46 heavy (non-hydrogen) atoms. The van der Waals surface area contributed by atoms with Crippen LogP contribution in [0.5, 0.6) is 0 Å². The molecule has 1 heterocycles. The molecule has 3 rings (SSSR count). The van der Waals surface area contributed by atoms with E-state index in [1.165, 1.54) is 11.0 Å². The number of sulfonamides is 1. The summed E-state index contributed by atoms with van der Waals surface area (Å²) in [5, 5.41) is 1.24. The summed E-state index contributed by atoms with van der Waals surface area (Å²) in [7, 11) is -0.152. The van der Waals surface area contributed by atoms with E-state index in [2.05, 4.69) is 14.7 Å². The summed E-state index contributed by atoms with van der Waals surface area (Å²) in [4.78, 5) is 49.9. The van der Waals surface area contributed by atoms with Crippen LogP contribution in [0.15, 0.2) is 58.1 Å². The van der Waals surface area contributed by atoms with Crippen molar-refractivity contribution in [1.29, 1.82) is 0 Å². The summed E-state index contributed by atoms with van der Waals surface area (Å²) in [6.07, 6.45) is 2.13. The number of rotatable bonds is 14. The molecule has 1 amide bonds. The number of esters is 1. The Hall–Kier alpha value is -4.01. The van der Waals surface area contributed by atoms with Gasteiger partial charge in [0.05, 0.1) is 24.5 Å². The molecule has 0 unspecified atom stereocenters. The van der Waals surface area contributed by atoms with Crippen LogP contribution in [-0.4, -0.2) is 68.0 Å². The fraction of sp³-hybridized carbons (Fsp3) is 0.406. The van der Waals surface area contributed by atoms with E-state index in [0.717, 1.165) is 22.8 Å². The molecule has 3 N–H and O–H groups in total. The van der Waals surface area contributed by atoms with Crippen LogP contribution in [0.2, 0.25) is 0 Å². The van der Waals surface area contributed by atoms with Crippen molar-refractivity contribution in [2.45, 2.75) is 58.9 Å². The summed E-state index contributed by atoms with van der Waals surface area (Å²) in [6, 6.07) is 10.5. The molecular weight excluding hydrogens is 629 g/mol. The number of nitrogen functional groups attached to an aromatic ring is 1. The number of nitrogens with one attached hydrogen (secondary N) is 1. The van der Waals surface area contributed by atoms with Crippen molar-refractivity contribution in [1.82, 2.24) is 19.6 Å². The largest absolute Gasteiger partial charge is 0.465 e. The number of thioether (sulfide) groups is 1. The molecule has 0 saturated heterocycles. The number of benzene rings is 2. The number of aromatic nitrogens is 2. The first-order valence-electron chi connectivity index (χ1n) is 14.6. The molecule has 0 aliphatic rings. The van der Waals surface area contributed by atoms with Gasteiger partial charge in [0.2, 0.25) is 16.4 Å². The lowest BCUT2D eigenvalue weighted by molar-refractivity contribution is -0.143. The van der Waals surface area contributed by atoms with Crippen LogP contribution in [0.4, 0.5) is 11.5 Å². The van der Waals surface area contributed by atoms with Crippen molar-refractivity contribution in [3.8, 4) is 0 Å². The molecule has 2 aromatic carbocycles. The van der Waals surface area contributed by atoms with Crippen molar-refractivity contribution in [3.05, 3.63) is 64.6 Å². The third-order valence-electron chi connectivity index (χ3n) is 6.99. The number of nitrogens with zero attached hydrogens (tertiary/aromatic N) is 4. The Kier molecular flexibility index (Phi) is 12.3. The standard InChI is InChI=1S/C32H42N6O6S2/c1-21(38(20-39)19-23-18-34-22(2)36-30(23)33)27(45-31(41)32(3,4)5)15-17-44-29(40)14-16-35-46(42,43)28-13-9-10-24-25(28)11-8-12-26(24)37(6)7/h8-13,18,20,35H,14-17,19H2,1-7H3,(H2,33,34,36). The maximum Gasteiger partial charge on any atom is 0.307 e. The number of nitrogens with two attached hydrogens (primary N) is 1. The summed E-state index contributed by atoms with van der Waals surface area (Å²) in [6.45, 7) is 8.61. The van der Waals surface area contributed by atoms with Crippen LogP contribution in [-0.2, 0) is 35.7 Å². The van der Waals surface area contributed by atoms with Gasteiger partial charge < -0.3 is 20.3 Å². The van der Waals surface area contributed by atoms with Gasteiger partial charge in [-0.15, -0.1) is 0 Å². The topological polar surface area (TPSA) is 165 Å². The normalized spacial score (nSPS) is 12.4. The highest BCUT2D eigenvalue weighted by molar-refractivity contribution is 8.17. The monoisotopic (exact) mass is 670 g/mol. The van der Waals surface area contributed by atoms with Crippen molar-refractivity contribution >= 4 is 61.6 Å². The minimum absolute atomic E-state index is 0.0816. The predicted octanol–water partition coefficient (Wildman–Crippen LogP) is 4.38. The van der Waals surface area contributed by atoms with E-state index in [4.69, 9.17) is 10.5 Å². The number of hydrogen-bond donors (Lipinski definition) is 2. The number of fused-ring (bicyclic) bond motifs is 1. The third kappa shape index (κ3) is 9.50. The van der Waals surface area contributed by atoms with Crippen LogP contribution >= 0.6 is 11.8 Å². The molecule has 1 aromatic heterocycles. The number of amides is 1. The number of carbonyl (C=O) groups is 3. The van der Waals surface area contributed by atoms with Gasteiger partial charge in [-0.2, -0.15) is 0 Å². The van der Waals surface area contributed by atoms with Gasteiger partial charge in [0, 0.05) is 71.3 Å². The smallest absolute Gasteiger partial charge is 0.307 e.